The predicted molar refractivity (Wildman–Crippen MR) is 82.4 cm³/mol. The van der Waals surface area contributed by atoms with Gasteiger partial charge in [-0.25, -0.2) is 0 Å². The molecule has 1 aromatic heterocycles. The van der Waals surface area contributed by atoms with Crippen LogP contribution in [0.5, 0.6) is 5.75 Å². The molecule has 5 nitrogen and oxygen atoms in total. The molecule has 0 aliphatic carbocycles. The van der Waals surface area contributed by atoms with Crippen LogP contribution in [0.3, 0.4) is 0 Å². The van der Waals surface area contributed by atoms with Gasteiger partial charge in [-0.15, -0.1) is 0 Å². The Balaban J connectivity index is 2.31. The van der Waals surface area contributed by atoms with Crippen LogP contribution in [0.25, 0.3) is 0 Å². The number of benzene rings is 1. The summed E-state index contributed by atoms with van der Waals surface area (Å²) in [7, 11) is 1.68. The first-order valence-electron chi connectivity index (χ1n) is 6.50. The molecule has 0 aliphatic rings. The van der Waals surface area contributed by atoms with Crippen molar-refractivity contribution in [1.82, 2.24) is 15.2 Å². The van der Waals surface area contributed by atoms with Gasteiger partial charge in [0.2, 0.25) is 0 Å². The minimum absolute atomic E-state index is 0.0388. The highest BCUT2D eigenvalue weighted by Gasteiger charge is 2.20. The van der Waals surface area contributed by atoms with Crippen molar-refractivity contribution in [3.05, 3.63) is 46.2 Å². The average Bonchev–Trinajstić information content (AvgIpc) is 2.86. The Morgan fingerprint density at radius 1 is 1.45 bits per heavy atom. The third-order valence-electron chi connectivity index (χ3n) is 3.28. The van der Waals surface area contributed by atoms with Gasteiger partial charge in [0.05, 0.1) is 29.5 Å². The van der Waals surface area contributed by atoms with Crippen molar-refractivity contribution in [2.75, 3.05) is 7.11 Å². The Morgan fingerprint density at radius 2 is 2.20 bits per heavy atom. The lowest BCUT2D eigenvalue weighted by Crippen LogP contribution is -2.31. The molecule has 3 N–H and O–H groups in total. The highest BCUT2D eigenvalue weighted by atomic mass is 79.9. The van der Waals surface area contributed by atoms with E-state index >= 15 is 0 Å². The summed E-state index contributed by atoms with van der Waals surface area (Å²) in [6, 6.07) is 7.92. The number of hydrogen-bond acceptors (Lipinski definition) is 4. The quantitative estimate of drug-likeness (QED) is 0.627. The number of rotatable bonds is 6. The van der Waals surface area contributed by atoms with Gasteiger partial charge in [0.25, 0.3) is 0 Å². The van der Waals surface area contributed by atoms with Crippen LogP contribution in [-0.2, 0) is 13.0 Å². The molecule has 1 atom stereocenters. The van der Waals surface area contributed by atoms with Crippen LogP contribution in [0, 0.1) is 0 Å². The first kappa shape index (κ1) is 15.0. The van der Waals surface area contributed by atoms with Gasteiger partial charge >= 0.3 is 0 Å². The fourth-order valence-electron chi connectivity index (χ4n) is 2.30. The van der Waals surface area contributed by atoms with Gasteiger partial charge in [-0.1, -0.05) is 18.2 Å². The Labute approximate surface area is 127 Å². The number of nitrogens with one attached hydrogen (secondary N) is 1. The lowest BCUT2D eigenvalue weighted by atomic mass is 10.0. The zero-order valence-electron chi connectivity index (χ0n) is 11.6. The molecule has 0 fully saturated rings. The number of hydrogen-bond donors (Lipinski definition) is 2. The number of aromatic nitrogens is 2. The van der Waals surface area contributed by atoms with Crippen molar-refractivity contribution in [2.45, 2.75) is 25.9 Å². The molecule has 1 aromatic carbocycles. The topological polar surface area (TPSA) is 65.1 Å². The van der Waals surface area contributed by atoms with E-state index in [1.54, 1.807) is 13.3 Å². The van der Waals surface area contributed by atoms with E-state index in [1.807, 2.05) is 28.9 Å². The molecule has 108 valence electrons. The van der Waals surface area contributed by atoms with Crippen molar-refractivity contribution in [1.29, 1.82) is 0 Å². The zero-order chi connectivity index (χ0) is 14.5. The molecule has 1 unspecified atom stereocenters. The second-order valence-electron chi connectivity index (χ2n) is 4.43. The van der Waals surface area contributed by atoms with Crippen LogP contribution in [0.2, 0.25) is 0 Å². The number of methoxy groups -OCH3 is 1. The molecule has 1 heterocycles. The number of halogens is 1. The summed E-state index contributed by atoms with van der Waals surface area (Å²) in [5.74, 6) is 6.61. The largest absolute Gasteiger partial charge is 0.496 e. The molecule has 20 heavy (non-hydrogen) atoms. The summed E-state index contributed by atoms with van der Waals surface area (Å²) in [6.07, 6.45) is 2.52. The fourth-order valence-corrected chi connectivity index (χ4v) is 2.87. The van der Waals surface area contributed by atoms with E-state index in [0.717, 1.165) is 34.4 Å². The molecular weight excluding hydrogens is 320 g/mol. The van der Waals surface area contributed by atoms with Crippen LogP contribution < -0.4 is 16.0 Å². The van der Waals surface area contributed by atoms with E-state index < -0.39 is 0 Å². The maximum atomic E-state index is 5.74. The molecule has 2 rings (SSSR count). The second kappa shape index (κ2) is 6.88. The van der Waals surface area contributed by atoms with Crippen molar-refractivity contribution >= 4 is 15.9 Å². The number of para-hydroxylation sites is 1. The van der Waals surface area contributed by atoms with E-state index in [4.69, 9.17) is 10.6 Å². The lowest BCUT2D eigenvalue weighted by molar-refractivity contribution is 0.403. The number of ether oxygens (including phenoxy) is 1. The first-order chi connectivity index (χ1) is 9.71. The number of nitrogens with two attached hydrogens (primary N) is 1. The standard InChI is InChI=1S/C14H19BrN4O/c1-3-19-14(11(15)9-17-19)12(18-16)8-10-6-4-5-7-13(10)20-2/h4-7,9,12,18H,3,8,16H2,1-2H3. The van der Waals surface area contributed by atoms with Gasteiger partial charge in [-0.2, -0.15) is 5.10 Å². The molecule has 2 aromatic rings. The lowest BCUT2D eigenvalue weighted by Gasteiger charge is -2.19. The minimum Gasteiger partial charge on any atom is -0.496 e. The van der Waals surface area contributed by atoms with Crippen molar-refractivity contribution in [3.63, 3.8) is 0 Å². The summed E-state index contributed by atoms with van der Waals surface area (Å²) in [5.41, 5.74) is 5.02. The Morgan fingerprint density at radius 3 is 2.85 bits per heavy atom. The van der Waals surface area contributed by atoms with Crippen LogP contribution in [-0.4, -0.2) is 16.9 Å². The number of aryl methyl sites for hydroxylation is 1. The predicted octanol–water partition coefficient (Wildman–Crippen LogP) is 2.42. The maximum absolute atomic E-state index is 5.74. The second-order valence-corrected chi connectivity index (χ2v) is 5.28. The highest BCUT2D eigenvalue weighted by molar-refractivity contribution is 9.10. The third kappa shape index (κ3) is 3.03. The van der Waals surface area contributed by atoms with Gasteiger partial charge in [0, 0.05) is 6.54 Å². The summed E-state index contributed by atoms with van der Waals surface area (Å²) in [5, 5.41) is 4.33. The molecule has 0 bridgehead atoms. The normalized spacial score (nSPS) is 12.4. The van der Waals surface area contributed by atoms with Gasteiger partial charge < -0.3 is 4.74 Å². The molecule has 0 aliphatic heterocycles. The summed E-state index contributed by atoms with van der Waals surface area (Å²) < 4.78 is 8.28. The molecule has 0 amide bonds. The van der Waals surface area contributed by atoms with Gasteiger partial charge in [-0.3, -0.25) is 16.0 Å². The number of hydrazine groups is 1. The van der Waals surface area contributed by atoms with E-state index in [0.29, 0.717) is 0 Å². The van der Waals surface area contributed by atoms with E-state index in [9.17, 15) is 0 Å². The Kier molecular flexibility index (Phi) is 5.17. The first-order valence-corrected chi connectivity index (χ1v) is 7.29. The highest BCUT2D eigenvalue weighted by Crippen LogP contribution is 2.28. The van der Waals surface area contributed by atoms with Crippen molar-refractivity contribution in [3.8, 4) is 5.75 Å². The van der Waals surface area contributed by atoms with Gasteiger partial charge in [-0.05, 0) is 40.9 Å². The Bertz CT molecular complexity index is 570. The van der Waals surface area contributed by atoms with Crippen LogP contribution >= 0.6 is 15.9 Å². The zero-order valence-corrected chi connectivity index (χ0v) is 13.2. The molecule has 0 saturated heterocycles. The smallest absolute Gasteiger partial charge is 0.122 e. The average molecular weight is 339 g/mol. The van der Waals surface area contributed by atoms with E-state index in [2.05, 4.69) is 33.4 Å². The van der Waals surface area contributed by atoms with Crippen LogP contribution in [0.15, 0.2) is 34.9 Å². The third-order valence-corrected chi connectivity index (χ3v) is 3.89. The van der Waals surface area contributed by atoms with Crippen LogP contribution in [0.4, 0.5) is 0 Å². The summed E-state index contributed by atoms with van der Waals surface area (Å²) in [6.45, 7) is 2.85. The fraction of sp³-hybridized carbons (Fsp3) is 0.357. The summed E-state index contributed by atoms with van der Waals surface area (Å²) >= 11 is 3.54. The maximum Gasteiger partial charge on any atom is 0.122 e. The van der Waals surface area contributed by atoms with Gasteiger partial charge in [0.15, 0.2) is 0 Å². The SMILES string of the molecule is CCn1ncc(Br)c1C(Cc1ccccc1OC)NN. The van der Waals surface area contributed by atoms with E-state index in [1.165, 1.54) is 0 Å². The molecule has 6 heteroatoms. The van der Waals surface area contributed by atoms with Crippen molar-refractivity contribution in [2.24, 2.45) is 5.84 Å². The molecule has 0 spiro atoms. The monoisotopic (exact) mass is 338 g/mol. The minimum atomic E-state index is -0.0388. The van der Waals surface area contributed by atoms with Crippen LogP contribution in [0.1, 0.15) is 24.2 Å². The van der Waals surface area contributed by atoms with Crippen molar-refractivity contribution < 1.29 is 4.74 Å². The van der Waals surface area contributed by atoms with E-state index in [-0.39, 0.29) is 6.04 Å². The summed E-state index contributed by atoms with van der Waals surface area (Å²) in [4.78, 5) is 0. The molecular formula is C14H19BrN4O. The Hall–Kier alpha value is -1.37. The number of nitrogens with zero attached hydrogens (tertiary/aromatic N) is 2. The molecule has 0 saturated carbocycles. The van der Waals surface area contributed by atoms with Gasteiger partial charge in [0.1, 0.15) is 5.75 Å². The molecule has 0 radical (unpaired) electrons.